The molecule has 0 amide bonds. The van der Waals surface area contributed by atoms with E-state index in [2.05, 4.69) is 19.9 Å². The molecule has 4 aliphatic carbocycles. The van der Waals surface area contributed by atoms with Gasteiger partial charge in [-0.15, -0.1) is 0 Å². The average molecular weight is 389 g/mol. The molecular formula is C23H32O5. The van der Waals surface area contributed by atoms with Gasteiger partial charge < -0.3 is 9.47 Å². The summed E-state index contributed by atoms with van der Waals surface area (Å²) < 4.78 is 10.9. The third kappa shape index (κ3) is 2.54. The van der Waals surface area contributed by atoms with Crippen molar-refractivity contribution in [1.82, 2.24) is 0 Å². The Morgan fingerprint density at radius 3 is 2.57 bits per heavy atom. The summed E-state index contributed by atoms with van der Waals surface area (Å²) in [6, 6.07) is 0. The van der Waals surface area contributed by atoms with Crippen LogP contribution in [0.1, 0.15) is 65.7 Å². The van der Waals surface area contributed by atoms with Crippen LogP contribution in [-0.4, -0.2) is 31.4 Å². The smallest absolute Gasteiger partial charge is 0.311 e. The summed E-state index contributed by atoms with van der Waals surface area (Å²) in [5.74, 6) is 0.199. The van der Waals surface area contributed by atoms with Crippen molar-refractivity contribution >= 4 is 18.2 Å². The van der Waals surface area contributed by atoms with E-state index in [1.165, 1.54) is 14.0 Å². The highest BCUT2D eigenvalue weighted by Gasteiger charge is 2.66. The molecule has 0 N–H and O–H groups in total. The Hall–Kier alpha value is -1.65. The predicted molar refractivity (Wildman–Crippen MR) is 103 cm³/mol. The van der Waals surface area contributed by atoms with Crippen LogP contribution in [0.2, 0.25) is 0 Å². The lowest BCUT2D eigenvalue weighted by atomic mass is 9.40. The zero-order chi connectivity index (χ0) is 20.3. The SMILES string of the molecule is COC(=O)[C@]1(C)CCC[C@@]2(C)[C@@H]3C[C@H](OC(C)=O)[C@@H]4C[C@]3(C=C4C=O)CC[C@@H]21. The molecule has 0 unspecified atom stereocenters. The van der Waals surface area contributed by atoms with Gasteiger partial charge in [0.15, 0.2) is 0 Å². The molecular weight excluding hydrogens is 356 g/mol. The summed E-state index contributed by atoms with van der Waals surface area (Å²) in [7, 11) is 1.49. The summed E-state index contributed by atoms with van der Waals surface area (Å²) in [6.45, 7) is 5.86. The normalized spacial score (nSPS) is 46.6. The minimum atomic E-state index is -0.465. The van der Waals surface area contributed by atoms with Gasteiger partial charge >= 0.3 is 11.9 Å². The lowest BCUT2D eigenvalue weighted by Crippen LogP contribution is -2.59. The molecule has 5 nitrogen and oxygen atoms in total. The third-order valence-electron chi connectivity index (χ3n) is 8.87. The molecule has 7 atom stereocenters. The van der Waals surface area contributed by atoms with Crippen LogP contribution in [0.4, 0.5) is 0 Å². The van der Waals surface area contributed by atoms with Crippen LogP contribution < -0.4 is 0 Å². The molecule has 0 aromatic rings. The van der Waals surface area contributed by atoms with Gasteiger partial charge in [-0.3, -0.25) is 14.4 Å². The largest absolute Gasteiger partial charge is 0.469 e. The summed E-state index contributed by atoms with van der Waals surface area (Å²) >= 11 is 0. The molecule has 1 spiro atoms. The van der Waals surface area contributed by atoms with Crippen molar-refractivity contribution in [1.29, 1.82) is 0 Å². The van der Waals surface area contributed by atoms with Crippen LogP contribution in [-0.2, 0) is 23.9 Å². The molecule has 154 valence electrons. The molecule has 0 aromatic carbocycles. The molecule has 0 heterocycles. The number of esters is 2. The van der Waals surface area contributed by atoms with E-state index in [0.29, 0.717) is 5.92 Å². The zero-order valence-corrected chi connectivity index (χ0v) is 17.5. The van der Waals surface area contributed by atoms with E-state index >= 15 is 0 Å². The van der Waals surface area contributed by atoms with Crippen molar-refractivity contribution in [2.45, 2.75) is 71.8 Å². The van der Waals surface area contributed by atoms with E-state index < -0.39 is 5.41 Å². The van der Waals surface area contributed by atoms with Gasteiger partial charge in [-0.1, -0.05) is 19.4 Å². The predicted octanol–water partition coefficient (Wildman–Crippen LogP) is 3.85. The number of ether oxygens (including phenoxy) is 2. The van der Waals surface area contributed by atoms with Crippen LogP contribution in [0.15, 0.2) is 11.6 Å². The van der Waals surface area contributed by atoms with Gasteiger partial charge in [0.1, 0.15) is 12.4 Å². The van der Waals surface area contributed by atoms with Gasteiger partial charge in [0.05, 0.1) is 12.5 Å². The van der Waals surface area contributed by atoms with Crippen molar-refractivity contribution in [2.75, 3.05) is 7.11 Å². The van der Waals surface area contributed by atoms with Crippen molar-refractivity contribution in [3.05, 3.63) is 11.6 Å². The summed E-state index contributed by atoms with van der Waals surface area (Å²) in [6.07, 6.45) is 9.51. The molecule has 2 bridgehead atoms. The minimum Gasteiger partial charge on any atom is -0.469 e. The molecule has 0 radical (unpaired) electrons. The van der Waals surface area contributed by atoms with Gasteiger partial charge in [-0.2, -0.15) is 0 Å². The maximum Gasteiger partial charge on any atom is 0.311 e. The summed E-state index contributed by atoms with van der Waals surface area (Å²) in [5, 5.41) is 0. The van der Waals surface area contributed by atoms with E-state index in [1.54, 1.807) is 0 Å². The number of hydrogen-bond donors (Lipinski definition) is 0. The van der Waals surface area contributed by atoms with Gasteiger partial charge in [0.2, 0.25) is 0 Å². The Morgan fingerprint density at radius 1 is 1.18 bits per heavy atom. The summed E-state index contributed by atoms with van der Waals surface area (Å²) in [5.41, 5.74) is 0.309. The van der Waals surface area contributed by atoms with Crippen LogP contribution >= 0.6 is 0 Å². The van der Waals surface area contributed by atoms with Crippen molar-refractivity contribution < 1.29 is 23.9 Å². The maximum absolute atomic E-state index is 12.8. The lowest BCUT2D eigenvalue weighted by Gasteiger charge is -2.63. The first-order valence-corrected chi connectivity index (χ1v) is 10.6. The number of hydrogen-bond acceptors (Lipinski definition) is 5. The molecule has 4 rings (SSSR count). The number of allylic oxidation sites excluding steroid dienone is 1. The Labute approximate surface area is 167 Å². The molecule has 0 aliphatic heterocycles. The van der Waals surface area contributed by atoms with Crippen LogP contribution in [0.3, 0.4) is 0 Å². The highest BCUT2D eigenvalue weighted by molar-refractivity contribution is 5.78. The van der Waals surface area contributed by atoms with Gasteiger partial charge in [0.25, 0.3) is 0 Å². The third-order valence-corrected chi connectivity index (χ3v) is 8.87. The zero-order valence-electron chi connectivity index (χ0n) is 17.5. The monoisotopic (exact) mass is 388 g/mol. The molecule has 5 heteroatoms. The number of rotatable bonds is 3. The van der Waals surface area contributed by atoms with Gasteiger partial charge in [-0.05, 0) is 73.7 Å². The van der Waals surface area contributed by atoms with E-state index in [0.717, 1.165) is 56.8 Å². The first-order valence-electron chi connectivity index (χ1n) is 10.6. The Balaban J connectivity index is 1.76. The van der Waals surface area contributed by atoms with E-state index in [9.17, 15) is 14.4 Å². The fourth-order valence-corrected chi connectivity index (χ4v) is 7.85. The second-order valence-electron chi connectivity index (χ2n) is 10.1. The van der Waals surface area contributed by atoms with Crippen molar-refractivity contribution in [2.24, 2.45) is 34.0 Å². The number of carbonyl (C=O) groups excluding carboxylic acids is 3. The maximum atomic E-state index is 12.8. The molecule has 0 aromatic heterocycles. The Morgan fingerprint density at radius 2 is 1.93 bits per heavy atom. The standard InChI is InChI=1S/C23H32O5/c1-14(25)28-17-10-19-21(2)7-5-8-22(3,20(26)27-4)18(21)6-9-23(19)11-15(13-24)16(17)12-23/h11,13,16-19H,5-10,12H2,1-4H3/t16-,17+,18+,19+,21-,22-,23-/m1/s1. The fraction of sp³-hybridized carbons (Fsp3) is 0.783. The fourth-order valence-electron chi connectivity index (χ4n) is 7.85. The van der Waals surface area contributed by atoms with Gasteiger partial charge in [0, 0.05) is 12.8 Å². The van der Waals surface area contributed by atoms with E-state index in [1.807, 2.05) is 0 Å². The Kier molecular flexibility index (Phi) is 4.51. The molecule has 3 saturated carbocycles. The van der Waals surface area contributed by atoms with Crippen LogP contribution in [0.5, 0.6) is 0 Å². The summed E-state index contributed by atoms with van der Waals surface area (Å²) in [4.78, 5) is 36.3. The van der Waals surface area contributed by atoms with Crippen LogP contribution in [0, 0.1) is 34.0 Å². The number of fused-ring (bicyclic) bond motifs is 3. The second kappa shape index (κ2) is 6.43. The molecule has 28 heavy (non-hydrogen) atoms. The molecule has 0 saturated heterocycles. The highest BCUT2D eigenvalue weighted by atomic mass is 16.5. The number of methoxy groups -OCH3 is 1. The van der Waals surface area contributed by atoms with Crippen molar-refractivity contribution in [3.8, 4) is 0 Å². The first-order chi connectivity index (χ1) is 13.2. The number of carbonyl (C=O) groups is 3. The first kappa shape index (κ1) is 19.7. The van der Waals surface area contributed by atoms with Gasteiger partial charge in [-0.25, -0.2) is 0 Å². The second-order valence-corrected chi connectivity index (χ2v) is 10.1. The topological polar surface area (TPSA) is 69.7 Å². The minimum absolute atomic E-state index is 0.00280. The van der Waals surface area contributed by atoms with E-state index in [-0.39, 0.29) is 40.7 Å². The van der Waals surface area contributed by atoms with Crippen molar-refractivity contribution in [3.63, 3.8) is 0 Å². The van der Waals surface area contributed by atoms with E-state index in [4.69, 9.17) is 9.47 Å². The highest BCUT2D eigenvalue weighted by Crippen LogP contribution is 2.71. The quantitative estimate of drug-likeness (QED) is 0.543. The molecule has 4 aliphatic rings. The number of aldehydes is 1. The Bertz CT molecular complexity index is 741. The molecule has 3 fully saturated rings. The average Bonchev–Trinajstić information content (AvgIpc) is 2.96. The van der Waals surface area contributed by atoms with Crippen LogP contribution in [0.25, 0.3) is 0 Å². The lowest BCUT2D eigenvalue weighted by molar-refractivity contribution is -0.189.